The summed E-state index contributed by atoms with van der Waals surface area (Å²) >= 11 is 0. The van der Waals surface area contributed by atoms with E-state index in [0.29, 0.717) is 18.7 Å². The second kappa shape index (κ2) is 7.01. The molecule has 0 radical (unpaired) electrons. The van der Waals surface area contributed by atoms with Gasteiger partial charge in [0.1, 0.15) is 5.82 Å². The molecular weight excluding hydrogens is 307 g/mol. The summed E-state index contributed by atoms with van der Waals surface area (Å²) in [5.41, 5.74) is 2.48. The number of oxazole rings is 1. The molecule has 0 amide bonds. The highest BCUT2D eigenvalue weighted by Gasteiger charge is 2.16. The summed E-state index contributed by atoms with van der Waals surface area (Å²) < 4.78 is 20.0. The van der Waals surface area contributed by atoms with Crippen LogP contribution < -0.4 is 5.76 Å². The summed E-state index contributed by atoms with van der Waals surface area (Å²) in [5.74, 6) is -0.563. The molecule has 0 aliphatic carbocycles. The minimum atomic E-state index is -0.332. The fraction of sp³-hybridized carbons (Fsp3) is 0.316. The molecular formula is C19H21FN2O2. The molecule has 0 aliphatic rings. The first-order chi connectivity index (χ1) is 11.6. The van der Waals surface area contributed by atoms with Crippen molar-refractivity contribution in [3.05, 3.63) is 70.5 Å². The number of aromatic nitrogens is 1. The van der Waals surface area contributed by atoms with E-state index in [1.54, 1.807) is 10.6 Å². The normalized spacial score (nSPS) is 12.8. The van der Waals surface area contributed by atoms with Crippen LogP contribution in [0.25, 0.3) is 11.1 Å². The minimum absolute atomic E-state index is 0.143. The van der Waals surface area contributed by atoms with Crippen LogP contribution in [0.4, 0.5) is 4.39 Å². The monoisotopic (exact) mass is 328 g/mol. The summed E-state index contributed by atoms with van der Waals surface area (Å²) in [6.07, 6.45) is 0. The molecule has 126 valence electrons. The molecule has 0 aliphatic heterocycles. The fourth-order valence-corrected chi connectivity index (χ4v) is 3.03. The number of halogens is 1. The molecule has 0 saturated heterocycles. The number of rotatable bonds is 6. The second-order valence-electron chi connectivity index (χ2n) is 5.84. The molecule has 0 fully saturated rings. The van der Waals surface area contributed by atoms with Crippen molar-refractivity contribution in [1.29, 1.82) is 0 Å². The first-order valence-corrected chi connectivity index (χ1v) is 8.18. The zero-order valence-electron chi connectivity index (χ0n) is 13.9. The molecule has 2 aromatic carbocycles. The molecule has 24 heavy (non-hydrogen) atoms. The van der Waals surface area contributed by atoms with Crippen LogP contribution in [0.2, 0.25) is 0 Å². The van der Waals surface area contributed by atoms with E-state index < -0.39 is 0 Å². The van der Waals surface area contributed by atoms with Crippen molar-refractivity contribution in [2.75, 3.05) is 13.1 Å². The topological polar surface area (TPSA) is 38.4 Å². The Bertz CT molecular complexity index is 867. The van der Waals surface area contributed by atoms with Gasteiger partial charge < -0.3 is 4.42 Å². The Kier molecular flexibility index (Phi) is 4.81. The van der Waals surface area contributed by atoms with Crippen molar-refractivity contribution in [1.82, 2.24) is 9.47 Å². The van der Waals surface area contributed by atoms with E-state index in [1.165, 1.54) is 12.1 Å². The van der Waals surface area contributed by atoms with Crippen LogP contribution in [-0.4, -0.2) is 22.6 Å². The van der Waals surface area contributed by atoms with E-state index in [0.717, 1.165) is 17.6 Å². The third-order valence-electron chi connectivity index (χ3n) is 4.49. The largest absolute Gasteiger partial charge is 0.419 e. The van der Waals surface area contributed by atoms with Gasteiger partial charge in [0.25, 0.3) is 0 Å². The van der Waals surface area contributed by atoms with Gasteiger partial charge in [-0.15, -0.1) is 0 Å². The van der Waals surface area contributed by atoms with Gasteiger partial charge in [0.2, 0.25) is 0 Å². The van der Waals surface area contributed by atoms with E-state index >= 15 is 0 Å². The van der Waals surface area contributed by atoms with Crippen LogP contribution in [0.15, 0.2) is 57.7 Å². The molecule has 0 spiro atoms. The summed E-state index contributed by atoms with van der Waals surface area (Å²) in [4.78, 5) is 14.3. The lowest BCUT2D eigenvalue weighted by molar-refractivity contribution is 0.212. The Balaban J connectivity index is 1.77. The molecule has 3 aromatic rings. The van der Waals surface area contributed by atoms with Crippen molar-refractivity contribution in [2.45, 2.75) is 26.4 Å². The maximum Gasteiger partial charge on any atom is 0.419 e. The number of para-hydroxylation sites is 2. The van der Waals surface area contributed by atoms with Gasteiger partial charge in [-0.05, 0) is 43.3 Å². The standard InChI is InChI=1S/C19H21FN2O2/c1-3-21(14(2)15-8-10-16(20)11-9-15)12-13-22-17-6-4-5-7-18(17)24-19(22)23/h4-11,14H,3,12-13H2,1-2H3. The van der Waals surface area contributed by atoms with Gasteiger partial charge in [-0.25, -0.2) is 9.18 Å². The second-order valence-corrected chi connectivity index (χ2v) is 5.84. The van der Waals surface area contributed by atoms with Crippen LogP contribution in [0.3, 0.4) is 0 Å². The maximum atomic E-state index is 13.1. The lowest BCUT2D eigenvalue weighted by Crippen LogP contribution is -2.32. The van der Waals surface area contributed by atoms with Gasteiger partial charge in [0, 0.05) is 19.1 Å². The Hall–Kier alpha value is -2.40. The summed E-state index contributed by atoms with van der Waals surface area (Å²) in [7, 11) is 0. The van der Waals surface area contributed by atoms with Gasteiger partial charge in [0.05, 0.1) is 5.52 Å². The van der Waals surface area contributed by atoms with Crippen molar-refractivity contribution in [3.8, 4) is 0 Å². The zero-order valence-corrected chi connectivity index (χ0v) is 13.9. The number of likely N-dealkylation sites (N-methyl/N-ethyl adjacent to an activating group) is 1. The maximum absolute atomic E-state index is 13.1. The average Bonchev–Trinajstić information content (AvgIpc) is 2.91. The van der Waals surface area contributed by atoms with Crippen LogP contribution >= 0.6 is 0 Å². The predicted molar refractivity (Wildman–Crippen MR) is 92.5 cm³/mol. The molecule has 1 heterocycles. The van der Waals surface area contributed by atoms with Crippen molar-refractivity contribution in [3.63, 3.8) is 0 Å². The molecule has 1 atom stereocenters. The predicted octanol–water partition coefficient (Wildman–Crippen LogP) is 3.82. The first kappa shape index (κ1) is 16.5. The summed E-state index contributed by atoms with van der Waals surface area (Å²) in [5, 5.41) is 0. The molecule has 1 aromatic heterocycles. The average molecular weight is 328 g/mol. The summed E-state index contributed by atoms with van der Waals surface area (Å²) in [6.45, 7) is 6.26. The first-order valence-electron chi connectivity index (χ1n) is 8.18. The lowest BCUT2D eigenvalue weighted by atomic mass is 10.1. The SMILES string of the molecule is CCN(CCn1c(=O)oc2ccccc21)C(C)c1ccc(F)cc1. The number of hydrogen-bond acceptors (Lipinski definition) is 3. The molecule has 0 saturated carbocycles. The van der Waals surface area contributed by atoms with E-state index in [-0.39, 0.29) is 17.6 Å². The lowest BCUT2D eigenvalue weighted by Gasteiger charge is -2.28. The van der Waals surface area contributed by atoms with Crippen LogP contribution in [0.1, 0.15) is 25.5 Å². The number of nitrogens with zero attached hydrogens (tertiary/aromatic N) is 2. The third-order valence-corrected chi connectivity index (χ3v) is 4.49. The quantitative estimate of drug-likeness (QED) is 0.690. The number of benzene rings is 2. The highest BCUT2D eigenvalue weighted by atomic mass is 19.1. The van der Waals surface area contributed by atoms with Gasteiger partial charge in [-0.2, -0.15) is 0 Å². The molecule has 3 rings (SSSR count). The molecule has 0 bridgehead atoms. The van der Waals surface area contributed by atoms with E-state index in [9.17, 15) is 9.18 Å². The molecule has 4 nitrogen and oxygen atoms in total. The smallest absolute Gasteiger partial charge is 0.408 e. The van der Waals surface area contributed by atoms with E-state index in [2.05, 4.69) is 18.7 Å². The Morgan fingerprint density at radius 3 is 2.58 bits per heavy atom. The minimum Gasteiger partial charge on any atom is -0.408 e. The Morgan fingerprint density at radius 1 is 1.17 bits per heavy atom. The van der Waals surface area contributed by atoms with E-state index in [4.69, 9.17) is 4.42 Å². The van der Waals surface area contributed by atoms with Gasteiger partial charge in [0.15, 0.2) is 5.58 Å². The van der Waals surface area contributed by atoms with E-state index in [1.807, 2.05) is 30.3 Å². The Morgan fingerprint density at radius 2 is 1.88 bits per heavy atom. The van der Waals surface area contributed by atoms with Gasteiger partial charge in [-0.3, -0.25) is 9.47 Å². The van der Waals surface area contributed by atoms with Gasteiger partial charge >= 0.3 is 5.76 Å². The Labute approximate surface area is 140 Å². The van der Waals surface area contributed by atoms with Crippen molar-refractivity contribution in [2.24, 2.45) is 0 Å². The highest BCUT2D eigenvalue weighted by molar-refractivity contribution is 5.72. The van der Waals surface area contributed by atoms with Crippen LogP contribution in [0.5, 0.6) is 0 Å². The third kappa shape index (κ3) is 3.26. The molecule has 0 N–H and O–H groups in total. The van der Waals surface area contributed by atoms with Crippen molar-refractivity contribution < 1.29 is 8.81 Å². The highest BCUT2D eigenvalue weighted by Crippen LogP contribution is 2.20. The molecule has 1 unspecified atom stereocenters. The number of hydrogen-bond donors (Lipinski definition) is 0. The molecule has 5 heteroatoms. The summed E-state index contributed by atoms with van der Waals surface area (Å²) in [6, 6.07) is 14.2. The number of fused-ring (bicyclic) bond motifs is 1. The van der Waals surface area contributed by atoms with Gasteiger partial charge in [-0.1, -0.05) is 31.2 Å². The van der Waals surface area contributed by atoms with Crippen LogP contribution in [-0.2, 0) is 6.54 Å². The fourth-order valence-electron chi connectivity index (χ4n) is 3.03. The van der Waals surface area contributed by atoms with Crippen molar-refractivity contribution >= 4 is 11.1 Å². The van der Waals surface area contributed by atoms with Crippen LogP contribution in [0, 0.1) is 5.82 Å². The zero-order chi connectivity index (χ0) is 17.1.